The van der Waals surface area contributed by atoms with Crippen molar-refractivity contribution >= 4 is 0 Å². The van der Waals surface area contributed by atoms with E-state index in [9.17, 15) is 4.39 Å². The molecule has 0 aliphatic rings. The van der Waals surface area contributed by atoms with Crippen LogP contribution in [0.25, 0.3) is 0 Å². The Kier molecular flexibility index (Phi) is 4.11. The van der Waals surface area contributed by atoms with Gasteiger partial charge >= 0.3 is 0 Å². The molecule has 0 spiro atoms. The largest absolute Gasteiger partial charge is 0.395 e. The predicted molar refractivity (Wildman–Crippen MR) is 50.9 cm³/mol. The minimum absolute atomic E-state index is 0.0171. The lowest BCUT2D eigenvalue weighted by Crippen LogP contribution is -1.90. The van der Waals surface area contributed by atoms with Gasteiger partial charge in [0, 0.05) is 12.0 Å². The number of hydrogen-bond acceptors (Lipinski definition) is 2. The first-order chi connectivity index (χ1) is 6.77. The summed E-state index contributed by atoms with van der Waals surface area (Å²) >= 11 is 0. The van der Waals surface area contributed by atoms with Gasteiger partial charge in [-0.3, -0.25) is 0 Å². The number of aliphatic hydroxyl groups is 2. The van der Waals surface area contributed by atoms with Crippen molar-refractivity contribution in [2.24, 2.45) is 0 Å². The third kappa shape index (κ3) is 2.84. The summed E-state index contributed by atoms with van der Waals surface area (Å²) in [7, 11) is 0. The summed E-state index contributed by atoms with van der Waals surface area (Å²) in [6.45, 7) is -0.180. The smallest absolute Gasteiger partial charge is 0.124 e. The second-order valence-electron chi connectivity index (χ2n) is 2.73. The molecule has 0 atom stereocenters. The topological polar surface area (TPSA) is 40.5 Å². The molecule has 0 bridgehead atoms. The lowest BCUT2D eigenvalue weighted by molar-refractivity contribution is 0.281. The Bertz CT molecular complexity index is 363. The van der Waals surface area contributed by atoms with Crippen LogP contribution in [0.15, 0.2) is 18.2 Å². The van der Waals surface area contributed by atoms with Crippen LogP contribution in [0.3, 0.4) is 0 Å². The monoisotopic (exact) mass is 194 g/mol. The Labute approximate surface area is 82.0 Å². The molecule has 2 nitrogen and oxygen atoms in total. The zero-order valence-corrected chi connectivity index (χ0v) is 7.63. The van der Waals surface area contributed by atoms with Gasteiger partial charge in [0.05, 0.1) is 13.2 Å². The van der Waals surface area contributed by atoms with Gasteiger partial charge in [-0.15, -0.1) is 0 Å². The molecule has 0 saturated heterocycles. The van der Waals surface area contributed by atoms with E-state index < -0.39 is 0 Å². The van der Waals surface area contributed by atoms with Gasteiger partial charge in [-0.2, -0.15) is 0 Å². The molecule has 74 valence electrons. The summed E-state index contributed by atoms with van der Waals surface area (Å²) in [6, 6.07) is 4.05. The maximum absolute atomic E-state index is 12.8. The third-order valence-corrected chi connectivity index (χ3v) is 1.70. The van der Waals surface area contributed by atoms with Gasteiger partial charge in [-0.25, -0.2) is 4.39 Å². The first-order valence-electron chi connectivity index (χ1n) is 4.27. The first-order valence-corrected chi connectivity index (χ1v) is 4.27. The van der Waals surface area contributed by atoms with Crippen molar-refractivity contribution in [2.45, 2.75) is 13.0 Å². The fourth-order valence-corrected chi connectivity index (χ4v) is 1.02. The number of halogens is 1. The van der Waals surface area contributed by atoms with E-state index >= 15 is 0 Å². The third-order valence-electron chi connectivity index (χ3n) is 1.70. The van der Waals surface area contributed by atoms with E-state index in [0.29, 0.717) is 17.5 Å². The van der Waals surface area contributed by atoms with E-state index in [-0.39, 0.29) is 19.0 Å². The van der Waals surface area contributed by atoms with E-state index in [0.717, 1.165) is 0 Å². The summed E-state index contributed by atoms with van der Waals surface area (Å²) in [5.74, 6) is 4.99. The molecular formula is C11H11FO2. The molecule has 0 unspecified atom stereocenters. The van der Waals surface area contributed by atoms with Crippen molar-refractivity contribution in [3.8, 4) is 11.8 Å². The van der Waals surface area contributed by atoms with Gasteiger partial charge < -0.3 is 10.2 Å². The van der Waals surface area contributed by atoms with Gasteiger partial charge in [0.15, 0.2) is 0 Å². The van der Waals surface area contributed by atoms with Crippen LogP contribution in [0.5, 0.6) is 0 Å². The molecule has 0 aliphatic carbocycles. The molecule has 3 heteroatoms. The van der Waals surface area contributed by atoms with E-state index in [4.69, 9.17) is 10.2 Å². The molecule has 0 amide bonds. The van der Waals surface area contributed by atoms with Crippen LogP contribution in [0, 0.1) is 17.7 Å². The van der Waals surface area contributed by atoms with Crippen molar-refractivity contribution in [2.75, 3.05) is 6.61 Å². The number of aliphatic hydroxyl groups excluding tert-OH is 2. The van der Waals surface area contributed by atoms with Gasteiger partial charge in [-0.1, -0.05) is 17.9 Å². The number of rotatable bonds is 2. The van der Waals surface area contributed by atoms with E-state index in [1.165, 1.54) is 18.2 Å². The molecular weight excluding hydrogens is 183 g/mol. The van der Waals surface area contributed by atoms with E-state index in [1.807, 2.05) is 0 Å². The van der Waals surface area contributed by atoms with Crippen LogP contribution in [0.1, 0.15) is 17.5 Å². The van der Waals surface area contributed by atoms with E-state index in [1.54, 1.807) is 0 Å². The lowest BCUT2D eigenvalue weighted by atomic mass is 10.1. The summed E-state index contributed by atoms with van der Waals surface area (Å²) in [4.78, 5) is 0. The minimum Gasteiger partial charge on any atom is -0.395 e. The highest BCUT2D eigenvalue weighted by molar-refractivity contribution is 5.41. The highest BCUT2D eigenvalue weighted by Crippen LogP contribution is 2.09. The maximum atomic E-state index is 12.8. The SMILES string of the molecule is OCCC#Cc1cc(F)ccc1CO. The normalized spacial score (nSPS) is 9.36. The molecule has 2 N–H and O–H groups in total. The van der Waals surface area contributed by atoms with Crippen molar-refractivity contribution in [3.05, 3.63) is 35.1 Å². The first kappa shape index (κ1) is 10.7. The summed E-state index contributed by atoms with van der Waals surface area (Å²) in [6.07, 6.45) is 0.349. The highest BCUT2D eigenvalue weighted by Gasteiger charge is 1.99. The molecule has 0 fully saturated rings. The Balaban J connectivity index is 2.94. The zero-order valence-electron chi connectivity index (χ0n) is 7.63. The Morgan fingerprint density at radius 2 is 2.07 bits per heavy atom. The van der Waals surface area contributed by atoms with Gasteiger partial charge in [0.1, 0.15) is 5.82 Å². The van der Waals surface area contributed by atoms with Gasteiger partial charge in [0.2, 0.25) is 0 Å². The number of benzene rings is 1. The molecule has 0 radical (unpaired) electrons. The average molecular weight is 194 g/mol. The Hall–Kier alpha value is -1.37. The summed E-state index contributed by atoms with van der Waals surface area (Å²) in [5, 5.41) is 17.4. The lowest BCUT2D eigenvalue weighted by Gasteiger charge is -1.99. The quantitative estimate of drug-likeness (QED) is 0.691. The van der Waals surface area contributed by atoms with Crippen LogP contribution in [0.4, 0.5) is 4.39 Å². The molecule has 0 saturated carbocycles. The Morgan fingerprint density at radius 1 is 1.29 bits per heavy atom. The number of hydrogen-bond donors (Lipinski definition) is 2. The predicted octanol–water partition coefficient (Wildman–Crippen LogP) is 1.05. The second-order valence-corrected chi connectivity index (χ2v) is 2.73. The molecule has 1 aromatic rings. The molecule has 0 aromatic heterocycles. The van der Waals surface area contributed by atoms with Crippen molar-refractivity contribution in [3.63, 3.8) is 0 Å². The molecule has 14 heavy (non-hydrogen) atoms. The van der Waals surface area contributed by atoms with Crippen LogP contribution in [0.2, 0.25) is 0 Å². The van der Waals surface area contributed by atoms with Crippen LogP contribution in [-0.4, -0.2) is 16.8 Å². The highest BCUT2D eigenvalue weighted by atomic mass is 19.1. The molecule has 1 aromatic carbocycles. The van der Waals surface area contributed by atoms with Crippen molar-refractivity contribution in [1.29, 1.82) is 0 Å². The maximum Gasteiger partial charge on any atom is 0.124 e. The fraction of sp³-hybridized carbons (Fsp3) is 0.273. The zero-order chi connectivity index (χ0) is 10.4. The van der Waals surface area contributed by atoms with Gasteiger partial charge in [0.25, 0.3) is 0 Å². The average Bonchev–Trinajstić information content (AvgIpc) is 2.19. The Morgan fingerprint density at radius 3 is 2.71 bits per heavy atom. The van der Waals surface area contributed by atoms with Crippen LogP contribution < -0.4 is 0 Å². The van der Waals surface area contributed by atoms with Crippen LogP contribution in [-0.2, 0) is 6.61 Å². The van der Waals surface area contributed by atoms with E-state index in [2.05, 4.69) is 11.8 Å². The molecule has 0 heterocycles. The fourth-order valence-electron chi connectivity index (χ4n) is 1.02. The van der Waals surface area contributed by atoms with Gasteiger partial charge in [-0.05, 0) is 17.7 Å². The van der Waals surface area contributed by atoms with Crippen molar-refractivity contribution in [1.82, 2.24) is 0 Å². The molecule has 0 aliphatic heterocycles. The summed E-state index contributed by atoms with van der Waals surface area (Å²) in [5.41, 5.74) is 1.07. The molecule has 1 rings (SSSR count). The van der Waals surface area contributed by atoms with Crippen LogP contribution >= 0.6 is 0 Å². The minimum atomic E-state index is -0.379. The summed E-state index contributed by atoms with van der Waals surface area (Å²) < 4.78 is 12.8. The second kappa shape index (κ2) is 5.38. The standard InChI is InChI=1S/C11H11FO2/c12-11-5-4-10(8-14)9(7-11)3-1-2-6-13/h4-5,7,13-14H,2,6,8H2. The van der Waals surface area contributed by atoms with Crippen molar-refractivity contribution < 1.29 is 14.6 Å².